The SMILES string of the molecule is CN(C)c1nc2c(c(CO)nn2Cc2ccc(OC(F)F)cc2)c(=O)[nH]1. The Morgan fingerprint density at radius 1 is 1.31 bits per heavy atom. The van der Waals surface area contributed by atoms with E-state index in [1.807, 2.05) is 0 Å². The Balaban J connectivity index is 2.00. The van der Waals surface area contributed by atoms with Gasteiger partial charge in [0.05, 0.1) is 13.2 Å². The number of aliphatic hydroxyl groups is 1. The van der Waals surface area contributed by atoms with E-state index >= 15 is 0 Å². The van der Waals surface area contributed by atoms with E-state index in [4.69, 9.17) is 0 Å². The summed E-state index contributed by atoms with van der Waals surface area (Å²) < 4.78 is 30.2. The van der Waals surface area contributed by atoms with Gasteiger partial charge in [-0.1, -0.05) is 12.1 Å². The zero-order valence-electron chi connectivity index (χ0n) is 14.1. The first-order chi connectivity index (χ1) is 12.4. The zero-order chi connectivity index (χ0) is 18.8. The molecule has 138 valence electrons. The maximum atomic E-state index is 12.3. The van der Waals surface area contributed by atoms with Crippen LogP contribution in [0.3, 0.4) is 0 Å². The number of halogens is 2. The first-order valence-electron chi connectivity index (χ1n) is 7.70. The lowest BCUT2D eigenvalue weighted by atomic mass is 10.2. The van der Waals surface area contributed by atoms with Crippen molar-refractivity contribution in [3.8, 4) is 5.75 Å². The smallest absolute Gasteiger partial charge is 0.387 e. The van der Waals surface area contributed by atoms with Gasteiger partial charge in [-0.25, -0.2) is 4.68 Å². The van der Waals surface area contributed by atoms with Crippen LogP contribution in [0.4, 0.5) is 14.7 Å². The maximum Gasteiger partial charge on any atom is 0.387 e. The number of aliphatic hydroxyl groups excluding tert-OH is 1. The quantitative estimate of drug-likeness (QED) is 0.684. The van der Waals surface area contributed by atoms with Crippen molar-refractivity contribution in [2.45, 2.75) is 19.8 Å². The number of hydrogen-bond acceptors (Lipinski definition) is 6. The van der Waals surface area contributed by atoms with Crippen LogP contribution in [-0.4, -0.2) is 45.6 Å². The molecule has 0 unspecified atom stereocenters. The van der Waals surface area contributed by atoms with E-state index < -0.39 is 18.8 Å². The number of aromatic amines is 1. The minimum atomic E-state index is -2.89. The highest BCUT2D eigenvalue weighted by Gasteiger charge is 2.17. The number of benzene rings is 1. The van der Waals surface area contributed by atoms with Crippen molar-refractivity contribution in [3.05, 3.63) is 45.9 Å². The highest BCUT2D eigenvalue weighted by molar-refractivity contribution is 5.78. The molecule has 0 aliphatic rings. The van der Waals surface area contributed by atoms with Gasteiger partial charge in [0, 0.05) is 14.1 Å². The Bertz CT molecular complexity index is 966. The van der Waals surface area contributed by atoms with Crippen molar-refractivity contribution < 1.29 is 18.6 Å². The summed E-state index contributed by atoms with van der Waals surface area (Å²) in [5.41, 5.74) is 0.898. The van der Waals surface area contributed by atoms with Gasteiger partial charge in [0.15, 0.2) is 5.65 Å². The summed E-state index contributed by atoms with van der Waals surface area (Å²) in [6.07, 6.45) is 0. The molecule has 10 heteroatoms. The van der Waals surface area contributed by atoms with Crippen molar-refractivity contribution in [2.75, 3.05) is 19.0 Å². The van der Waals surface area contributed by atoms with Crippen molar-refractivity contribution >= 4 is 17.0 Å². The minimum absolute atomic E-state index is 0.0505. The molecule has 0 fully saturated rings. The normalized spacial score (nSPS) is 11.3. The van der Waals surface area contributed by atoms with Gasteiger partial charge in [-0.05, 0) is 17.7 Å². The molecule has 0 bridgehead atoms. The number of ether oxygens (including phenoxy) is 1. The van der Waals surface area contributed by atoms with E-state index in [0.29, 0.717) is 11.6 Å². The van der Waals surface area contributed by atoms with Gasteiger partial charge in [-0.2, -0.15) is 18.9 Å². The fourth-order valence-electron chi connectivity index (χ4n) is 2.52. The maximum absolute atomic E-state index is 12.3. The Morgan fingerprint density at radius 2 is 2.00 bits per heavy atom. The standard InChI is InChI=1S/C16H17F2N5O3/c1-22(2)16-19-13-12(14(25)20-16)11(8-24)21-23(13)7-9-3-5-10(6-4-9)26-15(17)18/h3-6,15,24H,7-8H2,1-2H3,(H,19,20,25). The second-order valence-electron chi connectivity index (χ2n) is 5.77. The molecule has 0 saturated heterocycles. The lowest BCUT2D eigenvalue weighted by Crippen LogP contribution is -2.19. The van der Waals surface area contributed by atoms with Crippen molar-refractivity contribution in [1.29, 1.82) is 0 Å². The molecule has 0 amide bonds. The van der Waals surface area contributed by atoms with Gasteiger partial charge in [0.25, 0.3) is 5.56 Å². The first kappa shape index (κ1) is 17.8. The van der Waals surface area contributed by atoms with Crippen LogP contribution in [0.2, 0.25) is 0 Å². The molecule has 3 rings (SSSR count). The molecule has 8 nitrogen and oxygen atoms in total. The van der Waals surface area contributed by atoms with E-state index in [0.717, 1.165) is 5.56 Å². The summed E-state index contributed by atoms with van der Waals surface area (Å²) in [4.78, 5) is 21.0. The van der Waals surface area contributed by atoms with Crippen molar-refractivity contribution in [2.24, 2.45) is 0 Å². The third kappa shape index (κ3) is 3.49. The topological polar surface area (TPSA) is 96.3 Å². The van der Waals surface area contributed by atoms with Crippen LogP contribution in [0.1, 0.15) is 11.3 Å². The van der Waals surface area contributed by atoms with Crippen molar-refractivity contribution in [1.82, 2.24) is 19.7 Å². The van der Waals surface area contributed by atoms with Crippen molar-refractivity contribution in [3.63, 3.8) is 0 Å². The Labute approximate surface area is 146 Å². The van der Waals surface area contributed by atoms with Gasteiger partial charge in [0.1, 0.15) is 16.8 Å². The number of rotatable bonds is 6. The van der Waals surface area contributed by atoms with Crippen LogP contribution in [0.15, 0.2) is 29.1 Å². The summed E-state index contributed by atoms with van der Waals surface area (Å²) in [7, 11) is 3.47. The first-order valence-corrected chi connectivity index (χ1v) is 7.70. The van der Waals surface area contributed by atoms with Gasteiger partial charge in [-0.15, -0.1) is 0 Å². The Hall–Kier alpha value is -3.01. The number of nitrogens with zero attached hydrogens (tertiary/aromatic N) is 4. The van der Waals surface area contributed by atoms with Crippen LogP contribution in [0.25, 0.3) is 11.0 Å². The largest absolute Gasteiger partial charge is 0.435 e. The molecule has 0 radical (unpaired) electrons. The van der Waals surface area contributed by atoms with Crippen LogP contribution < -0.4 is 15.2 Å². The average molecular weight is 365 g/mol. The lowest BCUT2D eigenvalue weighted by Gasteiger charge is -2.11. The number of H-pyrrole nitrogens is 1. The number of aromatic nitrogens is 4. The predicted molar refractivity (Wildman–Crippen MR) is 90.6 cm³/mol. The lowest BCUT2D eigenvalue weighted by molar-refractivity contribution is -0.0498. The molecule has 2 heterocycles. The van der Waals surface area contributed by atoms with Gasteiger partial charge < -0.3 is 14.7 Å². The molecule has 0 atom stereocenters. The van der Waals surface area contributed by atoms with E-state index in [9.17, 15) is 18.7 Å². The number of nitrogens with one attached hydrogen (secondary N) is 1. The van der Waals surface area contributed by atoms with Crippen LogP contribution in [-0.2, 0) is 13.2 Å². The fraction of sp³-hybridized carbons (Fsp3) is 0.312. The van der Waals surface area contributed by atoms with Crippen LogP contribution in [0.5, 0.6) is 5.75 Å². The van der Waals surface area contributed by atoms with Crippen LogP contribution in [0, 0.1) is 0 Å². The molecule has 1 aromatic carbocycles. The Morgan fingerprint density at radius 3 is 2.58 bits per heavy atom. The van der Waals surface area contributed by atoms with Gasteiger partial charge in [0.2, 0.25) is 5.95 Å². The average Bonchev–Trinajstić information content (AvgIpc) is 2.94. The van der Waals surface area contributed by atoms with E-state index in [1.165, 1.54) is 16.8 Å². The zero-order valence-corrected chi connectivity index (χ0v) is 14.1. The highest BCUT2D eigenvalue weighted by Crippen LogP contribution is 2.19. The predicted octanol–water partition coefficient (Wildman–Crippen LogP) is 1.33. The molecule has 2 N–H and O–H groups in total. The molecular weight excluding hydrogens is 348 g/mol. The van der Waals surface area contributed by atoms with Gasteiger partial charge in [-0.3, -0.25) is 9.78 Å². The molecule has 26 heavy (non-hydrogen) atoms. The van der Waals surface area contributed by atoms with E-state index in [-0.39, 0.29) is 23.4 Å². The summed E-state index contributed by atoms with van der Waals surface area (Å²) >= 11 is 0. The summed E-state index contributed by atoms with van der Waals surface area (Å²) in [6, 6.07) is 6.07. The second-order valence-corrected chi connectivity index (χ2v) is 5.77. The number of alkyl halides is 2. The molecule has 0 aliphatic heterocycles. The summed E-state index contributed by atoms with van der Waals surface area (Å²) in [5, 5.41) is 14.0. The minimum Gasteiger partial charge on any atom is -0.435 e. The third-order valence-corrected chi connectivity index (χ3v) is 3.72. The summed E-state index contributed by atoms with van der Waals surface area (Å²) in [6.45, 7) is -3.05. The van der Waals surface area contributed by atoms with E-state index in [1.54, 1.807) is 31.1 Å². The van der Waals surface area contributed by atoms with E-state index in [2.05, 4.69) is 19.8 Å². The molecular formula is C16H17F2N5O3. The summed E-state index contributed by atoms with van der Waals surface area (Å²) in [5.74, 6) is 0.406. The highest BCUT2D eigenvalue weighted by atomic mass is 19.3. The fourth-order valence-corrected chi connectivity index (χ4v) is 2.52. The number of fused-ring (bicyclic) bond motifs is 1. The molecule has 3 aromatic rings. The van der Waals surface area contributed by atoms with Gasteiger partial charge >= 0.3 is 6.61 Å². The molecule has 0 aliphatic carbocycles. The number of anilines is 1. The Kier molecular flexibility index (Phi) is 4.85. The molecule has 0 saturated carbocycles. The second kappa shape index (κ2) is 7.08. The monoisotopic (exact) mass is 365 g/mol. The third-order valence-electron chi connectivity index (χ3n) is 3.72. The van der Waals surface area contributed by atoms with Crippen LogP contribution >= 0.6 is 0 Å². The number of hydrogen-bond donors (Lipinski definition) is 2. The molecule has 2 aromatic heterocycles. The molecule has 0 spiro atoms.